The van der Waals surface area contributed by atoms with E-state index in [0.717, 1.165) is 16.3 Å². The first-order chi connectivity index (χ1) is 12.1. The molecule has 0 amide bonds. The molecule has 0 fully saturated rings. The molecule has 1 aliphatic rings. The van der Waals surface area contributed by atoms with Gasteiger partial charge in [-0.05, 0) is 41.6 Å². The predicted octanol–water partition coefficient (Wildman–Crippen LogP) is 5.40. The van der Waals surface area contributed by atoms with E-state index in [2.05, 4.69) is 61.4 Å². The summed E-state index contributed by atoms with van der Waals surface area (Å²) in [7, 11) is 2.13. The summed E-state index contributed by atoms with van der Waals surface area (Å²) in [5, 5.41) is 12.0. The van der Waals surface area contributed by atoms with Crippen molar-refractivity contribution < 1.29 is 5.11 Å². The number of likely N-dealkylation sites (N-methyl/N-ethyl adjacent to an activating group) is 1. The first-order valence-corrected chi connectivity index (χ1v) is 8.54. The number of phenolic OH excluding ortho intramolecular Hbond substituents is 1. The second-order valence-corrected chi connectivity index (χ2v) is 6.60. The number of fused-ring (bicyclic) bond motifs is 2. The third-order valence-electron chi connectivity index (χ3n) is 4.89. The Bertz CT molecular complexity index is 1000. The van der Waals surface area contributed by atoms with E-state index in [9.17, 15) is 5.11 Å². The molecule has 124 valence electrons. The van der Waals surface area contributed by atoms with Crippen LogP contribution < -0.4 is 4.90 Å². The molecule has 4 rings (SSSR count). The van der Waals surface area contributed by atoms with Gasteiger partial charge in [0, 0.05) is 18.1 Å². The summed E-state index contributed by atoms with van der Waals surface area (Å²) in [6.07, 6.45) is 8.78. The zero-order chi connectivity index (χ0) is 17.4. The van der Waals surface area contributed by atoms with Crippen LogP contribution in [0.2, 0.25) is 0 Å². The highest BCUT2D eigenvalue weighted by Gasteiger charge is 2.16. The number of hydrogen-bond donors (Lipinski definition) is 1. The van der Waals surface area contributed by atoms with E-state index in [1.165, 1.54) is 16.8 Å². The van der Waals surface area contributed by atoms with E-state index in [-0.39, 0.29) is 6.04 Å². The fourth-order valence-electron chi connectivity index (χ4n) is 3.47. The van der Waals surface area contributed by atoms with Crippen molar-refractivity contribution in [3.8, 4) is 5.75 Å². The molecule has 2 heteroatoms. The maximum atomic E-state index is 10.0. The molecular weight excluding hydrogens is 306 g/mol. The Morgan fingerprint density at radius 3 is 2.64 bits per heavy atom. The van der Waals surface area contributed by atoms with Gasteiger partial charge in [-0.3, -0.25) is 0 Å². The highest BCUT2D eigenvalue weighted by atomic mass is 16.3. The lowest BCUT2D eigenvalue weighted by molar-refractivity contribution is 0.481. The zero-order valence-corrected chi connectivity index (χ0v) is 14.5. The van der Waals surface area contributed by atoms with Gasteiger partial charge < -0.3 is 10.0 Å². The Balaban J connectivity index is 1.68. The third-order valence-corrected chi connectivity index (χ3v) is 4.89. The molecule has 1 aliphatic heterocycles. The van der Waals surface area contributed by atoms with Gasteiger partial charge in [-0.25, -0.2) is 0 Å². The number of nitrogens with zero attached hydrogens (tertiary/aromatic N) is 1. The summed E-state index contributed by atoms with van der Waals surface area (Å²) in [5.41, 5.74) is 4.91. The van der Waals surface area contributed by atoms with Crippen molar-refractivity contribution in [3.63, 3.8) is 0 Å². The van der Waals surface area contributed by atoms with Crippen molar-refractivity contribution in [2.45, 2.75) is 13.0 Å². The minimum Gasteiger partial charge on any atom is -0.507 e. The van der Waals surface area contributed by atoms with Gasteiger partial charge in [0.15, 0.2) is 0 Å². The number of anilines is 1. The van der Waals surface area contributed by atoms with Crippen LogP contribution in [-0.4, -0.2) is 18.2 Å². The lowest BCUT2D eigenvalue weighted by Gasteiger charge is -2.30. The normalized spacial score (nSPS) is 16.6. The standard InChI is InChI=1S/C23H21NO/c1-16-7-13-22-18(15-16)9-12-19(24(22)2)11-8-17-10-14-23(25)21-6-4-3-5-20(17)21/h3-15,19,25H,1-2H3/b11-8+. The molecule has 3 aromatic rings. The van der Waals surface area contributed by atoms with E-state index in [1.54, 1.807) is 6.07 Å². The summed E-state index contributed by atoms with van der Waals surface area (Å²) in [6, 6.07) is 18.5. The molecular formula is C23H21NO. The molecule has 1 atom stereocenters. The fraction of sp³-hybridized carbons (Fsp3) is 0.130. The Labute approximate surface area is 148 Å². The van der Waals surface area contributed by atoms with E-state index in [0.29, 0.717) is 5.75 Å². The van der Waals surface area contributed by atoms with Gasteiger partial charge in [-0.15, -0.1) is 0 Å². The average molecular weight is 327 g/mol. The van der Waals surface area contributed by atoms with Gasteiger partial charge in [-0.2, -0.15) is 0 Å². The molecule has 0 aliphatic carbocycles. The zero-order valence-electron chi connectivity index (χ0n) is 14.5. The van der Waals surface area contributed by atoms with E-state index in [1.807, 2.05) is 30.3 Å². The Hall–Kier alpha value is -3.00. The number of aryl methyl sites for hydroxylation is 1. The van der Waals surface area contributed by atoms with E-state index >= 15 is 0 Å². The minimum absolute atomic E-state index is 0.211. The van der Waals surface area contributed by atoms with Crippen LogP contribution in [-0.2, 0) is 0 Å². The maximum absolute atomic E-state index is 10.0. The monoisotopic (exact) mass is 327 g/mol. The van der Waals surface area contributed by atoms with Crippen LogP contribution in [0.3, 0.4) is 0 Å². The third kappa shape index (κ3) is 2.80. The summed E-state index contributed by atoms with van der Waals surface area (Å²) in [4.78, 5) is 2.29. The fourth-order valence-corrected chi connectivity index (χ4v) is 3.47. The largest absolute Gasteiger partial charge is 0.507 e. The summed E-state index contributed by atoms with van der Waals surface area (Å²) >= 11 is 0. The number of hydrogen-bond acceptors (Lipinski definition) is 2. The highest BCUT2D eigenvalue weighted by molar-refractivity contribution is 5.94. The molecule has 0 aromatic heterocycles. The lowest BCUT2D eigenvalue weighted by atomic mass is 9.99. The minimum atomic E-state index is 0.211. The van der Waals surface area contributed by atoms with Crippen molar-refractivity contribution in [1.82, 2.24) is 0 Å². The maximum Gasteiger partial charge on any atom is 0.123 e. The van der Waals surface area contributed by atoms with Gasteiger partial charge in [0.05, 0.1) is 6.04 Å². The molecule has 2 nitrogen and oxygen atoms in total. The topological polar surface area (TPSA) is 23.5 Å². The van der Waals surface area contributed by atoms with Crippen molar-refractivity contribution in [3.05, 3.63) is 83.4 Å². The van der Waals surface area contributed by atoms with Gasteiger partial charge in [0.25, 0.3) is 0 Å². The molecule has 3 aromatic carbocycles. The second kappa shape index (κ2) is 6.14. The second-order valence-electron chi connectivity index (χ2n) is 6.60. The van der Waals surface area contributed by atoms with Crippen molar-refractivity contribution in [2.75, 3.05) is 11.9 Å². The van der Waals surface area contributed by atoms with Crippen LogP contribution in [0.4, 0.5) is 5.69 Å². The van der Waals surface area contributed by atoms with E-state index in [4.69, 9.17) is 0 Å². The first kappa shape index (κ1) is 15.5. The lowest BCUT2D eigenvalue weighted by Crippen LogP contribution is -2.30. The quantitative estimate of drug-likeness (QED) is 0.681. The van der Waals surface area contributed by atoms with Gasteiger partial charge >= 0.3 is 0 Å². The summed E-state index contributed by atoms with van der Waals surface area (Å²) in [5.74, 6) is 0.326. The van der Waals surface area contributed by atoms with E-state index < -0.39 is 0 Å². The smallest absolute Gasteiger partial charge is 0.123 e. The molecule has 1 unspecified atom stereocenters. The van der Waals surface area contributed by atoms with Crippen LogP contribution >= 0.6 is 0 Å². The van der Waals surface area contributed by atoms with Crippen LogP contribution in [0.1, 0.15) is 16.7 Å². The summed E-state index contributed by atoms with van der Waals surface area (Å²) < 4.78 is 0. The molecule has 1 N–H and O–H groups in total. The molecule has 0 spiro atoms. The SMILES string of the molecule is Cc1ccc2c(c1)C=CC(/C=C/c1ccc(O)c3ccccc13)N2C. The Morgan fingerprint density at radius 1 is 1.00 bits per heavy atom. The van der Waals surface area contributed by atoms with Crippen LogP contribution in [0.25, 0.3) is 22.9 Å². The summed E-state index contributed by atoms with van der Waals surface area (Å²) in [6.45, 7) is 2.12. The molecule has 0 radical (unpaired) electrons. The first-order valence-electron chi connectivity index (χ1n) is 8.54. The molecule has 25 heavy (non-hydrogen) atoms. The van der Waals surface area contributed by atoms with Crippen LogP contribution in [0.15, 0.2) is 66.7 Å². The number of rotatable bonds is 2. The predicted molar refractivity (Wildman–Crippen MR) is 107 cm³/mol. The average Bonchev–Trinajstić information content (AvgIpc) is 2.63. The molecule has 0 saturated carbocycles. The number of benzene rings is 3. The van der Waals surface area contributed by atoms with Gasteiger partial charge in [0.2, 0.25) is 0 Å². The van der Waals surface area contributed by atoms with Crippen LogP contribution in [0, 0.1) is 6.92 Å². The van der Waals surface area contributed by atoms with Crippen molar-refractivity contribution >= 4 is 28.6 Å². The molecule has 0 saturated heterocycles. The highest BCUT2D eigenvalue weighted by Crippen LogP contribution is 2.31. The van der Waals surface area contributed by atoms with Gasteiger partial charge in [-0.1, -0.05) is 66.3 Å². The molecule has 0 bridgehead atoms. The Kier molecular flexibility index (Phi) is 3.81. The van der Waals surface area contributed by atoms with Crippen LogP contribution in [0.5, 0.6) is 5.75 Å². The van der Waals surface area contributed by atoms with Gasteiger partial charge in [0.1, 0.15) is 5.75 Å². The number of phenols is 1. The molecule has 1 heterocycles. The van der Waals surface area contributed by atoms with Crippen molar-refractivity contribution in [1.29, 1.82) is 0 Å². The van der Waals surface area contributed by atoms with Crippen molar-refractivity contribution in [2.24, 2.45) is 0 Å². The Morgan fingerprint density at radius 2 is 1.80 bits per heavy atom. The number of aromatic hydroxyl groups is 1.